The van der Waals surface area contributed by atoms with E-state index >= 15 is 0 Å². The molecule has 1 aliphatic carbocycles. The Morgan fingerprint density at radius 3 is 2.84 bits per heavy atom. The Morgan fingerprint density at radius 2 is 2.21 bits per heavy atom. The number of anilines is 1. The molecule has 2 aromatic heterocycles. The largest absolute Gasteiger partial charge is 0.467 e. The average molecular weight is 278 g/mol. The summed E-state index contributed by atoms with van der Waals surface area (Å²) in [6.45, 7) is 1.09. The van der Waals surface area contributed by atoms with Gasteiger partial charge in [-0.25, -0.2) is 4.98 Å². The lowest BCUT2D eigenvalue weighted by Gasteiger charge is -2.23. The second-order valence-corrected chi connectivity index (χ2v) is 5.15. The van der Waals surface area contributed by atoms with Crippen molar-refractivity contribution < 1.29 is 4.42 Å². The van der Waals surface area contributed by atoms with E-state index in [0.717, 1.165) is 23.8 Å². The predicted octanol–water partition coefficient (Wildman–Crippen LogP) is 2.96. The average Bonchev–Trinajstić information content (AvgIpc) is 3.14. The summed E-state index contributed by atoms with van der Waals surface area (Å²) in [5.74, 6) is 1.86. The molecule has 0 unspecified atom stereocenters. The molecule has 2 N–H and O–H groups in total. The zero-order valence-corrected chi connectivity index (χ0v) is 11.3. The number of pyridine rings is 1. The molecule has 19 heavy (non-hydrogen) atoms. The highest BCUT2D eigenvalue weighted by molar-refractivity contribution is 6.31. The first kappa shape index (κ1) is 12.5. The molecule has 1 saturated carbocycles. The number of nitrogens with two attached hydrogens (primary N) is 1. The fraction of sp³-hybridized carbons (Fsp3) is 0.357. The fourth-order valence-corrected chi connectivity index (χ4v) is 2.31. The molecule has 4 nitrogen and oxygen atoms in total. The van der Waals surface area contributed by atoms with Crippen molar-refractivity contribution in [2.75, 3.05) is 4.90 Å². The van der Waals surface area contributed by atoms with Gasteiger partial charge >= 0.3 is 0 Å². The van der Waals surface area contributed by atoms with E-state index in [0.29, 0.717) is 17.6 Å². The minimum atomic E-state index is 0.353. The first-order chi connectivity index (χ1) is 9.28. The Labute approximate surface area is 117 Å². The molecule has 1 aliphatic rings. The van der Waals surface area contributed by atoms with E-state index in [1.165, 1.54) is 12.8 Å². The van der Waals surface area contributed by atoms with Crippen LogP contribution in [-0.2, 0) is 13.1 Å². The molecule has 0 saturated heterocycles. The van der Waals surface area contributed by atoms with E-state index in [1.54, 1.807) is 6.26 Å². The Balaban J connectivity index is 1.87. The number of hydrogen-bond acceptors (Lipinski definition) is 4. The summed E-state index contributed by atoms with van der Waals surface area (Å²) in [6, 6.07) is 8.24. The van der Waals surface area contributed by atoms with Crippen molar-refractivity contribution in [1.82, 2.24) is 4.98 Å². The standard InChI is InChI=1S/C14H16ClN3O/c15-12-5-6-14(17-13(12)8-16)18(10-3-4-10)9-11-2-1-7-19-11/h1-2,5-7,10H,3-4,8-9,16H2. The summed E-state index contributed by atoms with van der Waals surface area (Å²) >= 11 is 6.06. The Morgan fingerprint density at radius 1 is 1.37 bits per heavy atom. The molecule has 0 atom stereocenters. The van der Waals surface area contributed by atoms with Gasteiger partial charge in [-0.15, -0.1) is 0 Å². The second-order valence-electron chi connectivity index (χ2n) is 4.74. The van der Waals surface area contributed by atoms with E-state index in [1.807, 2.05) is 24.3 Å². The van der Waals surface area contributed by atoms with Crippen molar-refractivity contribution in [3.05, 3.63) is 47.0 Å². The van der Waals surface area contributed by atoms with Gasteiger partial charge in [0.25, 0.3) is 0 Å². The summed E-state index contributed by atoms with van der Waals surface area (Å²) in [6.07, 6.45) is 4.09. The van der Waals surface area contributed by atoms with Crippen molar-refractivity contribution in [1.29, 1.82) is 0 Å². The van der Waals surface area contributed by atoms with Crippen LogP contribution in [-0.4, -0.2) is 11.0 Å². The molecule has 0 aliphatic heterocycles. The zero-order chi connectivity index (χ0) is 13.2. The maximum absolute atomic E-state index is 6.06. The molecule has 3 rings (SSSR count). The fourth-order valence-electron chi connectivity index (χ4n) is 2.13. The normalized spacial score (nSPS) is 14.6. The predicted molar refractivity (Wildman–Crippen MR) is 75.1 cm³/mol. The van der Waals surface area contributed by atoms with Gasteiger partial charge in [0.2, 0.25) is 0 Å². The van der Waals surface area contributed by atoms with Crippen LogP contribution in [0.5, 0.6) is 0 Å². The Hall–Kier alpha value is -1.52. The van der Waals surface area contributed by atoms with E-state index in [9.17, 15) is 0 Å². The monoisotopic (exact) mass is 277 g/mol. The van der Waals surface area contributed by atoms with Crippen LogP contribution in [0.4, 0.5) is 5.82 Å². The van der Waals surface area contributed by atoms with Crippen LogP contribution in [0, 0.1) is 0 Å². The van der Waals surface area contributed by atoms with Crippen molar-refractivity contribution >= 4 is 17.4 Å². The summed E-state index contributed by atoms with van der Waals surface area (Å²) in [5, 5.41) is 0.625. The second kappa shape index (κ2) is 5.23. The van der Waals surface area contributed by atoms with Crippen LogP contribution in [0.1, 0.15) is 24.3 Å². The van der Waals surface area contributed by atoms with Gasteiger partial charge in [-0.2, -0.15) is 0 Å². The minimum absolute atomic E-state index is 0.353. The summed E-state index contributed by atoms with van der Waals surface area (Å²) in [4.78, 5) is 6.82. The summed E-state index contributed by atoms with van der Waals surface area (Å²) in [5.41, 5.74) is 6.40. The van der Waals surface area contributed by atoms with Crippen LogP contribution in [0.15, 0.2) is 34.9 Å². The molecular weight excluding hydrogens is 262 g/mol. The van der Waals surface area contributed by atoms with Gasteiger partial charge in [0.05, 0.1) is 23.5 Å². The number of rotatable bonds is 5. The maximum Gasteiger partial charge on any atom is 0.129 e. The van der Waals surface area contributed by atoms with Crippen LogP contribution in [0.2, 0.25) is 5.02 Å². The first-order valence-corrected chi connectivity index (χ1v) is 6.80. The molecule has 0 amide bonds. The molecule has 0 aromatic carbocycles. The molecule has 5 heteroatoms. The third-order valence-electron chi connectivity index (χ3n) is 3.29. The number of aromatic nitrogens is 1. The van der Waals surface area contributed by atoms with Gasteiger partial charge < -0.3 is 15.1 Å². The highest BCUT2D eigenvalue weighted by Gasteiger charge is 2.30. The first-order valence-electron chi connectivity index (χ1n) is 6.42. The van der Waals surface area contributed by atoms with E-state index in [2.05, 4.69) is 9.88 Å². The minimum Gasteiger partial charge on any atom is -0.467 e. The van der Waals surface area contributed by atoms with Crippen molar-refractivity contribution in [2.45, 2.75) is 32.0 Å². The zero-order valence-electron chi connectivity index (χ0n) is 10.6. The highest BCUT2D eigenvalue weighted by Crippen LogP contribution is 2.33. The van der Waals surface area contributed by atoms with Crippen LogP contribution in [0.25, 0.3) is 0 Å². The van der Waals surface area contributed by atoms with E-state index < -0.39 is 0 Å². The molecule has 0 bridgehead atoms. The van der Waals surface area contributed by atoms with Crippen molar-refractivity contribution in [2.24, 2.45) is 5.73 Å². The van der Waals surface area contributed by atoms with Gasteiger partial charge in [0.15, 0.2) is 0 Å². The molecule has 0 spiro atoms. The number of nitrogens with zero attached hydrogens (tertiary/aromatic N) is 2. The number of halogens is 1. The third-order valence-corrected chi connectivity index (χ3v) is 3.63. The molecule has 1 fully saturated rings. The molecule has 2 heterocycles. The van der Waals surface area contributed by atoms with E-state index in [-0.39, 0.29) is 0 Å². The lowest BCUT2D eigenvalue weighted by molar-refractivity contribution is 0.500. The number of hydrogen-bond donors (Lipinski definition) is 1. The molecule has 2 aromatic rings. The molecule has 0 radical (unpaired) electrons. The number of furan rings is 1. The van der Waals surface area contributed by atoms with Crippen LogP contribution >= 0.6 is 11.6 Å². The molecular formula is C14H16ClN3O. The van der Waals surface area contributed by atoms with Gasteiger partial charge in [-0.3, -0.25) is 0 Å². The van der Waals surface area contributed by atoms with Crippen LogP contribution < -0.4 is 10.6 Å². The van der Waals surface area contributed by atoms with Crippen molar-refractivity contribution in [3.8, 4) is 0 Å². The Kier molecular flexibility index (Phi) is 3.44. The topological polar surface area (TPSA) is 55.3 Å². The van der Waals surface area contributed by atoms with E-state index in [4.69, 9.17) is 21.8 Å². The third kappa shape index (κ3) is 2.74. The van der Waals surface area contributed by atoms with Crippen molar-refractivity contribution in [3.63, 3.8) is 0 Å². The van der Waals surface area contributed by atoms with Gasteiger partial charge in [0.1, 0.15) is 11.6 Å². The van der Waals surface area contributed by atoms with Gasteiger partial charge in [-0.1, -0.05) is 11.6 Å². The Bertz CT molecular complexity index is 552. The summed E-state index contributed by atoms with van der Waals surface area (Å²) in [7, 11) is 0. The lowest BCUT2D eigenvalue weighted by Crippen LogP contribution is -2.26. The maximum atomic E-state index is 6.06. The van der Waals surface area contributed by atoms with Crippen LogP contribution in [0.3, 0.4) is 0 Å². The smallest absolute Gasteiger partial charge is 0.129 e. The van der Waals surface area contributed by atoms with Gasteiger partial charge in [-0.05, 0) is 37.1 Å². The SMILES string of the molecule is NCc1nc(N(Cc2ccco2)C2CC2)ccc1Cl. The van der Waals surface area contributed by atoms with Gasteiger partial charge in [0, 0.05) is 12.6 Å². The summed E-state index contributed by atoms with van der Waals surface area (Å²) < 4.78 is 5.42. The highest BCUT2D eigenvalue weighted by atomic mass is 35.5. The quantitative estimate of drug-likeness (QED) is 0.913. The lowest BCUT2D eigenvalue weighted by atomic mass is 10.3. The molecule has 100 valence electrons.